The summed E-state index contributed by atoms with van der Waals surface area (Å²) in [5.74, 6) is -0.0710. The molecular weight excluding hydrogens is 266 g/mol. The molecule has 0 saturated carbocycles. The van der Waals surface area contributed by atoms with Gasteiger partial charge in [0.2, 0.25) is 0 Å². The topological polar surface area (TPSA) is 29.1 Å². The molecule has 1 aromatic heterocycles. The van der Waals surface area contributed by atoms with E-state index in [0.717, 1.165) is 16.1 Å². The van der Waals surface area contributed by atoms with Crippen molar-refractivity contribution < 1.29 is 4.79 Å². The molecule has 0 saturated heterocycles. The standard InChI is InChI=1S/C14H10ClNOS/c1-8-2-4-10(18-8)7-12-11-6-9(15)3-5-13(11)16-14(12)17/h2-7H,1H3,(H,16,17)/b12-7-. The van der Waals surface area contributed by atoms with E-state index in [1.54, 1.807) is 17.4 Å². The van der Waals surface area contributed by atoms with Gasteiger partial charge >= 0.3 is 0 Å². The van der Waals surface area contributed by atoms with Gasteiger partial charge in [0.15, 0.2) is 0 Å². The lowest BCUT2D eigenvalue weighted by Gasteiger charge is -1.98. The quantitative estimate of drug-likeness (QED) is 0.777. The smallest absolute Gasteiger partial charge is 0.256 e. The third-order valence-corrected chi connectivity index (χ3v) is 4.00. The van der Waals surface area contributed by atoms with Gasteiger partial charge in [-0.3, -0.25) is 4.79 Å². The van der Waals surface area contributed by atoms with Crippen LogP contribution in [0.2, 0.25) is 5.02 Å². The number of fused-ring (bicyclic) bond motifs is 1. The van der Waals surface area contributed by atoms with Gasteiger partial charge < -0.3 is 5.32 Å². The highest BCUT2D eigenvalue weighted by Gasteiger charge is 2.24. The van der Waals surface area contributed by atoms with E-state index in [2.05, 4.69) is 5.32 Å². The molecule has 1 aromatic carbocycles. The summed E-state index contributed by atoms with van der Waals surface area (Å²) < 4.78 is 0. The Balaban J connectivity index is 2.11. The molecule has 4 heteroatoms. The van der Waals surface area contributed by atoms with Gasteiger partial charge in [0.05, 0.1) is 5.57 Å². The van der Waals surface area contributed by atoms with Crippen LogP contribution in [0.4, 0.5) is 5.69 Å². The fourth-order valence-corrected chi connectivity index (χ4v) is 2.97. The highest BCUT2D eigenvalue weighted by Crippen LogP contribution is 2.35. The molecular formula is C14H10ClNOS. The molecule has 18 heavy (non-hydrogen) atoms. The van der Waals surface area contributed by atoms with Crippen molar-refractivity contribution in [3.63, 3.8) is 0 Å². The average molecular weight is 276 g/mol. The molecule has 2 heterocycles. The molecule has 0 spiro atoms. The third-order valence-electron chi connectivity index (χ3n) is 2.81. The highest BCUT2D eigenvalue weighted by atomic mass is 35.5. The molecule has 0 aliphatic carbocycles. The maximum Gasteiger partial charge on any atom is 0.256 e. The van der Waals surface area contributed by atoms with Gasteiger partial charge in [-0.25, -0.2) is 0 Å². The number of thiophene rings is 1. The average Bonchev–Trinajstić information content (AvgIpc) is 2.86. The summed E-state index contributed by atoms with van der Waals surface area (Å²) in [7, 11) is 0. The van der Waals surface area contributed by atoms with Crippen molar-refractivity contribution in [1.29, 1.82) is 0 Å². The van der Waals surface area contributed by atoms with Gasteiger partial charge in [0.1, 0.15) is 0 Å². The fourth-order valence-electron chi connectivity index (χ4n) is 1.98. The molecule has 1 aliphatic rings. The van der Waals surface area contributed by atoms with Crippen LogP contribution in [-0.2, 0) is 4.79 Å². The van der Waals surface area contributed by atoms with Crippen LogP contribution in [0.1, 0.15) is 15.3 Å². The zero-order valence-electron chi connectivity index (χ0n) is 9.66. The summed E-state index contributed by atoms with van der Waals surface area (Å²) in [6, 6.07) is 9.49. The van der Waals surface area contributed by atoms with Crippen molar-refractivity contribution in [3.05, 3.63) is 50.7 Å². The molecule has 0 atom stereocenters. The van der Waals surface area contributed by atoms with Gasteiger partial charge in [-0.2, -0.15) is 0 Å². The zero-order valence-corrected chi connectivity index (χ0v) is 11.2. The first kappa shape index (κ1) is 11.5. The molecule has 3 rings (SSSR count). The first-order valence-corrected chi connectivity index (χ1v) is 6.72. The minimum absolute atomic E-state index is 0.0710. The van der Waals surface area contributed by atoms with E-state index in [1.807, 2.05) is 37.3 Å². The number of hydrogen-bond acceptors (Lipinski definition) is 2. The first-order valence-electron chi connectivity index (χ1n) is 5.53. The normalized spacial score (nSPS) is 15.9. The second-order valence-corrected chi connectivity index (χ2v) is 5.91. The van der Waals surface area contributed by atoms with E-state index in [1.165, 1.54) is 4.88 Å². The predicted molar refractivity (Wildman–Crippen MR) is 77.0 cm³/mol. The summed E-state index contributed by atoms with van der Waals surface area (Å²) in [4.78, 5) is 14.2. The number of amides is 1. The number of nitrogens with one attached hydrogen (secondary N) is 1. The fraction of sp³-hybridized carbons (Fsp3) is 0.0714. The van der Waals surface area contributed by atoms with E-state index in [-0.39, 0.29) is 5.91 Å². The summed E-state index contributed by atoms with van der Waals surface area (Å²) in [6.07, 6.45) is 1.91. The van der Waals surface area contributed by atoms with E-state index in [9.17, 15) is 4.79 Å². The van der Waals surface area contributed by atoms with Crippen molar-refractivity contribution in [2.45, 2.75) is 6.92 Å². The number of hydrogen-bond donors (Lipinski definition) is 1. The molecule has 1 N–H and O–H groups in total. The van der Waals surface area contributed by atoms with Gasteiger partial charge in [0, 0.05) is 26.0 Å². The van der Waals surface area contributed by atoms with Gasteiger partial charge in [-0.15, -0.1) is 11.3 Å². The number of halogens is 1. The summed E-state index contributed by atoms with van der Waals surface area (Å²) in [6.45, 7) is 2.05. The summed E-state index contributed by atoms with van der Waals surface area (Å²) >= 11 is 7.65. The van der Waals surface area contributed by atoms with E-state index in [0.29, 0.717) is 10.6 Å². The predicted octanol–water partition coefficient (Wildman–Crippen LogP) is 4.20. The molecule has 0 radical (unpaired) electrons. The lowest BCUT2D eigenvalue weighted by molar-refractivity contribution is -0.110. The van der Waals surface area contributed by atoms with E-state index in [4.69, 9.17) is 11.6 Å². The maximum absolute atomic E-state index is 11.9. The molecule has 2 aromatic rings. The SMILES string of the molecule is Cc1ccc(/C=C2\C(=O)Nc3ccc(Cl)cc32)s1. The Morgan fingerprint density at radius 2 is 2.11 bits per heavy atom. The summed E-state index contributed by atoms with van der Waals surface area (Å²) in [5.41, 5.74) is 2.37. The lowest BCUT2D eigenvalue weighted by Crippen LogP contribution is -2.03. The van der Waals surface area contributed by atoms with Crippen LogP contribution in [0, 0.1) is 6.92 Å². The molecule has 90 valence electrons. The van der Waals surface area contributed by atoms with Crippen LogP contribution in [0.3, 0.4) is 0 Å². The molecule has 2 nitrogen and oxygen atoms in total. The maximum atomic E-state index is 11.9. The number of carbonyl (C=O) groups excluding carboxylic acids is 1. The second-order valence-electron chi connectivity index (χ2n) is 4.15. The molecule has 0 fully saturated rings. The van der Waals surface area contributed by atoms with E-state index < -0.39 is 0 Å². The van der Waals surface area contributed by atoms with Crippen LogP contribution in [0.15, 0.2) is 30.3 Å². The van der Waals surface area contributed by atoms with Crippen LogP contribution < -0.4 is 5.32 Å². The van der Waals surface area contributed by atoms with E-state index >= 15 is 0 Å². The Morgan fingerprint density at radius 1 is 1.28 bits per heavy atom. The number of rotatable bonds is 1. The molecule has 0 bridgehead atoms. The second kappa shape index (κ2) is 4.26. The van der Waals surface area contributed by atoms with Crippen molar-refractivity contribution in [2.75, 3.05) is 5.32 Å². The number of anilines is 1. The number of benzene rings is 1. The zero-order chi connectivity index (χ0) is 12.7. The van der Waals surface area contributed by atoms with Gasteiger partial charge in [-0.1, -0.05) is 11.6 Å². The summed E-state index contributed by atoms with van der Waals surface area (Å²) in [5, 5.41) is 3.48. The van der Waals surface area contributed by atoms with Crippen molar-refractivity contribution in [1.82, 2.24) is 0 Å². The van der Waals surface area contributed by atoms with Crippen LogP contribution in [0.5, 0.6) is 0 Å². The Bertz CT molecular complexity index is 672. The Hall–Kier alpha value is -1.58. The van der Waals surface area contributed by atoms with Gasteiger partial charge in [0.25, 0.3) is 5.91 Å². The molecule has 1 amide bonds. The van der Waals surface area contributed by atoms with Gasteiger partial charge in [-0.05, 0) is 43.3 Å². The van der Waals surface area contributed by atoms with Crippen molar-refractivity contribution in [2.24, 2.45) is 0 Å². The Morgan fingerprint density at radius 3 is 2.83 bits per heavy atom. The van der Waals surface area contributed by atoms with Crippen LogP contribution >= 0.6 is 22.9 Å². The Labute approximate surface area is 114 Å². The Kier molecular flexibility index (Phi) is 2.73. The van der Waals surface area contributed by atoms with Crippen molar-refractivity contribution >= 4 is 46.2 Å². The minimum Gasteiger partial charge on any atom is -0.321 e. The monoisotopic (exact) mass is 275 g/mol. The molecule has 0 unspecified atom stereocenters. The minimum atomic E-state index is -0.0710. The highest BCUT2D eigenvalue weighted by molar-refractivity contribution is 7.12. The lowest BCUT2D eigenvalue weighted by atomic mass is 10.1. The first-order chi connectivity index (χ1) is 8.63. The largest absolute Gasteiger partial charge is 0.321 e. The van der Waals surface area contributed by atoms with Crippen LogP contribution in [0.25, 0.3) is 11.6 Å². The number of aryl methyl sites for hydroxylation is 1. The molecule has 1 aliphatic heterocycles. The number of carbonyl (C=O) groups is 1. The van der Waals surface area contributed by atoms with Crippen molar-refractivity contribution in [3.8, 4) is 0 Å². The third kappa shape index (κ3) is 1.96. The van der Waals surface area contributed by atoms with Crippen LogP contribution in [-0.4, -0.2) is 5.91 Å².